The van der Waals surface area contributed by atoms with E-state index >= 15 is 0 Å². The van der Waals surface area contributed by atoms with Crippen molar-refractivity contribution in [2.24, 2.45) is 0 Å². The quantitative estimate of drug-likeness (QED) is 0.802. The molecule has 0 fully saturated rings. The van der Waals surface area contributed by atoms with Gasteiger partial charge in [-0.05, 0) is 51.8 Å². The molecule has 0 saturated heterocycles. The fourth-order valence-corrected chi connectivity index (χ4v) is 2.80. The van der Waals surface area contributed by atoms with E-state index in [-0.39, 0.29) is 0 Å². The summed E-state index contributed by atoms with van der Waals surface area (Å²) in [6, 6.07) is 9.56. The zero-order valence-electron chi connectivity index (χ0n) is 9.06. The van der Waals surface area contributed by atoms with Crippen molar-refractivity contribution in [3.63, 3.8) is 0 Å². The van der Waals surface area contributed by atoms with Gasteiger partial charge in [0.2, 0.25) is 0 Å². The van der Waals surface area contributed by atoms with Crippen LogP contribution >= 0.6 is 38.9 Å². The average molecular weight is 344 g/mol. The smallest absolute Gasteiger partial charge is 0.328 e. The topological polar surface area (TPSA) is 37.3 Å². The molecule has 0 aliphatic carbocycles. The molecule has 0 unspecified atom stereocenters. The van der Waals surface area contributed by atoms with Crippen molar-refractivity contribution >= 4 is 50.9 Å². The van der Waals surface area contributed by atoms with E-state index in [1.54, 1.807) is 6.08 Å². The first-order chi connectivity index (χ1) is 8.56. The van der Waals surface area contributed by atoms with E-state index < -0.39 is 5.97 Å². The molecule has 92 valence electrons. The molecule has 0 aliphatic rings. The van der Waals surface area contributed by atoms with Crippen molar-refractivity contribution in [1.29, 1.82) is 0 Å². The van der Waals surface area contributed by atoms with Gasteiger partial charge in [0.1, 0.15) is 0 Å². The lowest BCUT2D eigenvalue weighted by atomic mass is 10.2. The second kappa shape index (κ2) is 5.69. The van der Waals surface area contributed by atoms with E-state index in [1.165, 1.54) is 11.3 Å². The van der Waals surface area contributed by atoms with Gasteiger partial charge in [0.25, 0.3) is 0 Å². The molecule has 0 amide bonds. The lowest BCUT2D eigenvalue weighted by molar-refractivity contribution is -0.131. The number of carboxylic acid groups (broad SMARTS) is 1. The first-order valence-electron chi connectivity index (χ1n) is 5.02. The molecular weight excluding hydrogens is 336 g/mol. The summed E-state index contributed by atoms with van der Waals surface area (Å²) >= 11 is 10.8. The fourth-order valence-electron chi connectivity index (χ4n) is 1.40. The van der Waals surface area contributed by atoms with Crippen LogP contribution in [0.5, 0.6) is 0 Å². The largest absolute Gasteiger partial charge is 0.478 e. The lowest BCUT2D eigenvalue weighted by Gasteiger charge is -2.00. The first kappa shape index (κ1) is 13.3. The Balaban J connectivity index is 2.29. The third kappa shape index (κ3) is 3.22. The van der Waals surface area contributed by atoms with E-state index in [0.29, 0.717) is 5.02 Å². The van der Waals surface area contributed by atoms with Gasteiger partial charge < -0.3 is 5.11 Å². The minimum atomic E-state index is -0.945. The van der Waals surface area contributed by atoms with E-state index in [2.05, 4.69) is 15.9 Å². The Morgan fingerprint density at radius 3 is 2.78 bits per heavy atom. The third-order valence-corrected chi connectivity index (χ3v) is 4.53. The van der Waals surface area contributed by atoms with Gasteiger partial charge >= 0.3 is 5.97 Å². The summed E-state index contributed by atoms with van der Waals surface area (Å²) in [4.78, 5) is 12.4. The van der Waals surface area contributed by atoms with Crippen molar-refractivity contribution in [3.8, 4) is 10.4 Å². The Labute approximate surface area is 122 Å². The molecule has 2 rings (SSSR count). The standard InChI is InChI=1S/C13H8BrClO2S/c14-10-7-8(1-4-11(10)15)12-5-2-9(18-12)3-6-13(16)17/h1-7H,(H,16,17)/b6-3+. The third-order valence-electron chi connectivity index (χ3n) is 2.22. The van der Waals surface area contributed by atoms with E-state index in [1.807, 2.05) is 30.3 Å². The van der Waals surface area contributed by atoms with Crippen LogP contribution < -0.4 is 0 Å². The van der Waals surface area contributed by atoms with E-state index in [0.717, 1.165) is 25.9 Å². The molecule has 2 nitrogen and oxygen atoms in total. The molecule has 0 aliphatic heterocycles. The summed E-state index contributed by atoms with van der Waals surface area (Å²) < 4.78 is 0.845. The number of thiophene rings is 1. The molecule has 18 heavy (non-hydrogen) atoms. The molecule has 0 radical (unpaired) electrons. The maximum Gasteiger partial charge on any atom is 0.328 e. The molecule has 0 bridgehead atoms. The van der Waals surface area contributed by atoms with Crippen LogP contribution in [0, 0.1) is 0 Å². The maximum atomic E-state index is 10.4. The number of carbonyl (C=O) groups is 1. The molecule has 0 spiro atoms. The van der Waals surface area contributed by atoms with Crippen LogP contribution in [0.1, 0.15) is 4.88 Å². The van der Waals surface area contributed by atoms with Crippen LogP contribution in [0.25, 0.3) is 16.5 Å². The summed E-state index contributed by atoms with van der Waals surface area (Å²) in [6.07, 6.45) is 2.72. The second-order valence-corrected chi connectivity index (χ2v) is 5.88. The van der Waals surface area contributed by atoms with Crippen molar-refractivity contribution < 1.29 is 9.90 Å². The molecule has 1 aromatic heterocycles. The van der Waals surface area contributed by atoms with Crippen molar-refractivity contribution in [2.45, 2.75) is 0 Å². The number of hydrogen-bond donors (Lipinski definition) is 1. The zero-order valence-corrected chi connectivity index (χ0v) is 12.2. The molecule has 1 heterocycles. The van der Waals surface area contributed by atoms with Gasteiger partial charge in [-0.1, -0.05) is 17.7 Å². The van der Waals surface area contributed by atoms with E-state index in [4.69, 9.17) is 16.7 Å². The van der Waals surface area contributed by atoms with E-state index in [9.17, 15) is 4.79 Å². The van der Waals surface area contributed by atoms with Crippen LogP contribution in [0.2, 0.25) is 5.02 Å². The summed E-state index contributed by atoms with van der Waals surface area (Å²) in [5.41, 5.74) is 1.05. The highest BCUT2D eigenvalue weighted by Crippen LogP contribution is 2.33. The summed E-state index contributed by atoms with van der Waals surface area (Å²) in [5, 5.41) is 9.23. The van der Waals surface area contributed by atoms with Gasteiger partial charge in [-0.15, -0.1) is 11.3 Å². The highest BCUT2D eigenvalue weighted by Gasteiger charge is 2.04. The predicted molar refractivity (Wildman–Crippen MR) is 79.1 cm³/mol. The lowest BCUT2D eigenvalue weighted by Crippen LogP contribution is -1.84. The number of hydrogen-bond acceptors (Lipinski definition) is 2. The van der Waals surface area contributed by atoms with Crippen LogP contribution in [0.4, 0.5) is 0 Å². The normalized spacial score (nSPS) is 11.0. The number of benzene rings is 1. The molecule has 5 heteroatoms. The van der Waals surface area contributed by atoms with Crippen LogP contribution in [-0.4, -0.2) is 11.1 Å². The molecule has 0 saturated carbocycles. The number of aliphatic carboxylic acids is 1. The molecule has 2 aromatic rings. The van der Waals surface area contributed by atoms with Crippen LogP contribution in [-0.2, 0) is 4.79 Å². The fraction of sp³-hybridized carbons (Fsp3) is 0. The summed E-state index contributed by atoms with van der Waals surface area (Å²) in [7, 11) is 0. The number of carboxylic acids is 1. The Hall–Kier alpha value is -1.10. The van der Waals surface area contributed by atoms with Gasteiger partial charge in [-0.2, -0.15) is 0 Å². The van der Waals surface area contributed by atoms with Crippen molar-refractivity contribution in [1.82, 2.24) is 0 Å². The Morgan fingerprint density at radius 1 is 1.33 bits per heavy atom. The van der Waals surface area contributed by atoms with Crippen LogP contribution in [0.3, 0.4) is 0 Å². The van der Waals surface area contributed by atoms with Gasteiger partial charge in [0.15, 0.2) is 0 Å². The minimum absolute atomic E-state index is 0.668. The van der Waals surface area contributed by atoms with Gasteiger partial charge in [-0.25, -0.2) is 4.79 Å². The van der Waals surface area contributed by atoms with Crippen LogP contribution in [0.15, 0.2) is 40.9 Å². The van der Waals surface area contributed by atoms with Crippen molar-refractivity contribution in [2.75, 3.05) is 0 Å². The highest BCUT2D eigenvalue weighted by atomic mass is 79.9. The zero-order chi connectivity index (χ0) is 13.1. The number of rotatable bonds is 3. The molecule has 1 aromatic carbocycles. The molecule has 0 atom stereocenters. The van der Waals surface area contributed by atoms with Gasteiger partial charge in [-0.3, -0.25) is 0 Å². The molecular formula is C13H8BrClO2S. The predicted octanol–water partition coefficient (Wildman–Crippen LogP) is 4.93. The SMILES string of the molecule is O=C(O)/C=C/c1ccc(-c2ccc(Cl)c(Br)c2)s1. The minimum Gasteiger partial charge on any atom is -0.478 e. The van der Waals surface area contributed by atoms with Crippen molar-refractivity contribution in [3.05, 3.63) is 50.8 Å². The first-order valence-corrected chi connectivity index (χ1v) is 7.01. The Bertz CT molecular complexity index is 619. The number of halogens is 2. The monoisotopic (exact) mass is 342 g/mol. The summed E-state index contributed by atoms with van der Waals surface area (Å²) in [5.74, 6) is -0.945. The molecule has 1 N–H and O–H groups in total. The summed E-state index contributed by atoms with van der Waals surface area (Å²) in [6.45, 7) is 0. The Kier molecular flexibility index (Phi) is 4.22. The highest BCUT2D eigenvalue weighted by molar-refractivity contribution is 9.10. The van der Waals surface area contributed by atoms with Gasteiger partial charge in [0, 0.05) is 20.3 Å². The maximum absolute atomic E-state index is 10.4. The van der Waals surface area contributed by atoms with Gasteiger partial charge in [0.05, 0.1) is 5.02 Å². The Morgan fingerprint density at radius 2 is 2.11 bits per heavy atom. The average Bonchev–Trinajstić information content (AvgIpc) is 2.79. The second-order valence-electron chi connectivity index (χ2n) is 3.50.